The zero-order valence-electron chi connectivity index (χ0n) is 9.13. The number of aliphatic hydroxyl groups excluding tert-OH is 1. The molecule has 0 aliphatic carbocycles. The molecule has 3 rings (SSSR count). The minimum absolute atomic E-state index is 0.561. The molecule has 1 N–H and O–H groups in total. The molecule has 17 heavy (non-hydrogen) atoms. The normalized spacial score (nSPS) is 15.6. The van der Waals surface area contributed by atoms with Crippen LogP contribution in [0.15, 0.2) is 35.7 Å². The van der Waals surface area contributed by atoms with Crippen LogP contribution in [0.5, 0.6) is 11.5 Å². The molecule has 1 aromatic carbocycles. The number of hydrogen-bond acceptors (Lipinski definition) is 4. The van der Waals surface area contributed by atoms with Crippen molar-refractivity contribution in [2.75, 3.05) is 13.2 Å². The summed E-state index contributed by atoms with van der Waals surface area (Å²) in [5.41, 5.74) is 0.830. The predicted molar refractivity (Wildman–Crippen MR) is 65.8 cm³/mol. The highest BCUT2D eigenvalue weighted by Gasteiger charge is 2.16. The van der Waals surface area contributed by atoms with E-state index >= 15 is 0 Å². The summed E-state index contributed by atoms with van der Waals surface area (Å²) >= 11 is 1.54. The molecule has 1 aliphatic rings. The largest absolute Gasteiger partial charge is 0.486 e. The number of fused-ring (bicyclic) bond motifs is 1. The summed E-state index contributed by atoms with van der Waals surface area (Å²) in [6, 6.07) is 9.42. The quantitative estimate of drug-likeness (QED) is 0.887. The van der Waals surface area contributed by atoms with Crippen LogP contribution in [0.4, 0.5) is 0 Å². The maximum Gasteiger partial charge on any atom is 0.161 e. The van der Waals surface area contributed by atoms with Gasteiger partial charge in [-0.1, -0.05) is 12.1 Å². The molecular weight excluding hydrogens is 236 g/mol. The van der Waals surface area contributed by atoms with Gasteiger partial charge in [0.15, 0.2) is 11.5 Å². The van der Waals surface area contributed by atoms with E-state index in [0.717, 1.165) is 16.2 Å². The van der Waals surface area contributed by atoms with Crippen LogP contribution in [0.25, 0.3) is 0 Å². The first-order valence-electron chi connectivity index (χ1n) is 5.45. The van der Waals surface area contributed by atoms with Gasteiger partial charge >= 0.3 is 0 Å². The summed E-state index contributed by atoms with van der Waals surface area (Å²) in [5, 5.41) is 12.2. The lowest BCUT2D eigenvalue weighted by Crippen LogP contribution is -2.15. The van der Waals surface area contributed by atoms with Crippen LogP contribution in [0, 0.1) is 0 Å². The molecule has 2 aromatic rings. The number of benzene rings is 1. The first-order chi connectivity index (χ1) is 8.34. The van der Waals surface area contributed by atoms with E-state index in [1.165, 1.54) is 0 Å². The maximum absolute atomic E-state index is 10.2. The standard InChI is InChI=1S/C13H12O3S/c14-13(12-2-1-7-17-12)9-3-4-10-11(8-9)16-6-5-15-10/h1-4,7-8,13-14H,5-6H2. The number of ether oxygens (including phenoxy) is 2. The van der Waals surface area contributed by atoms with Crippen LogP contribution >= 0.6 is 11.3 Å². The molecule has 1 aromatic heterocycles. The van der Waals surface area contributed by atoms with Gasteiger partial charge < -0.3 is 14.6 Å². The topological polar surface area (TPSA) is 38.7 Å². The molecule has 0 fully saturated rings. The number of rotatable bonds is 2. The van der Waals surface area contributed by atoms with Crippen molar-refractivity contribution in [2.24, 2.45) is 0 Å². The van der Waals surface area contributed by atoms with Crippen LogP contribution < -0.4 is 9.47 Å². The molecule has 0 saturated carbocycles. The van der Waals surface area contributed by atoms with E-state index in [1.807, 2.05) is 35.7 Å². The van der Waals surface area contributed by atoms with E-state index in [1.54, 1.807) is 11.3 Å². The second-order valence-corrected chi connectivity index (χ2v) is 4.80. The van der Waals surface area contributed by atoms with Gasteiger partial charge in [0.05, 0.1) is 0 Å². The fraction of sp³-hybridized carbons (Fsp3) is 0.231. The number of thiophene rings is 1. The molecule has 0 amide bonds. The summed E-state index contributed by atoms with van der Waals surface area (Å²) < 4.78 is 10.9. The van der Waals surface area contributed by atoms with Crippen molar-refractivity contribution in [3.63, 3.8) is 0 Å². The van der Waals surface area contributed by atoms with Gasteiger partial charge in [0.2, 0.25) is 0 Å². The Labute approximate surface area is 103 Å². The lowest BCUT2D eigenvalue weighted by atomic mass is 10.1. The third kappa shape index (κ3) is 2.01. The van der Waals surface area contributed by atoms with E-state index in [2.05, 4.69) is 0 Å². The average molecular weight is 248 g/mol. The lowest BCUT2D eigenvalue weighted by molar-refractivity contribution is 0.170. The molecule has 4 heteroatoms. The third-order valence-electron chi connectivity index (χ3n) is 2.69. The summed E-state index contributed by atoms with van der Waals surface area (Å²) in [7, 11) is 0. The highest BCUT2D eigenvalue weighted by Crippen LogP contribution is 2.35. The maximum atomic E-state index is 10.2. The Kier molecular flexibility index (Phi) is 2.74. The molecule has 0 bridgehead atoms. The van der Waals surface area contributed by atoms with E-state index in [9.17, 15) is 5.11 Å². The van der Waals surface area contributed by atoms with Crippen LogP contribution in [0.2, 0.25) is 0 Å². The molecule has 1 unspecified atom stereocenters. The molecule has 2 heterocycles. The lowest BCUT2D eigenvalue weighted by Gasteiger charge is -2.20. The smallest absolute Gasteiger partial charge is 0.161 e. The fourth-order valence-electron chi connectivity index (χ4n) is 1.84. The van der Waals surface area contributed by atoms with Gasteiger partial charge in [-0.3, -0.25) is 0 Å². The van der Waals surface area contributed by atoms with Crippen molar-refractivity contribution in [1.82, 2.24) is 0 Å². The van der Waals surface area contributed by atoms with Crippen molar-refractivity contribution in [2.45, 2.75) is 6.10 Å². The Morgan fingerprint density at radius 3 is 2.71 bits per heavy atom. The van der Waals surface area contributed by atoms with Crippen molar-refractivity contribution >= 4 is 11.3 Å². The Morgan fingerprint density at radius 2 is 1.94 bits per heavy atom. The summed E-state index contributed by atoms with van der Waals surface area (Å²) in [6.45, 7) is 1.14. The Morgan fingerprint density at radius 1 is 1.12 bits per heavy atom. The molecule has 0 saturated heterocycles. The predicted octanol–water partition coefficient (Wildman–Crippen LogP) is 2.60. The first-order valence-corrected chi connectivity index (χ1v) is 6.33. The minimum atomic E-state index is -0.592. The number of aliphatic hydroxyl groups is 1. The van der Waals surface area contributed by atoms with E-state index in [4.69, 9.17) is 9.47 Å². The summed E-state index contributed by atoms with van der Waals surface area (Å²) in [6.07, 6.45) is -0.592. The highest BCUT2D eigenvalue weighted by atomic mass is 32.1. The van der Waals surface area contributed by atoms with Crippen molar-refractivity contribution in [1.29, 1.82) is 0 Å². The molecule has 1 aliphatic heterocycles. The van der Waals surface area contributed by atoms with E-state index in [-0.39, 0.29) is 0 Å². The summed E-state index contributed by atoms with van der Waals surface area (Å²) in [5.74, 6) is 1.46. The van der Waals surface area contributed by atoms with Gasteiger partial charge in [-0.25, -0.2) is 0 Å². The second-order valence-electron chi connectivity index (χ2n) is 3.82. The van der Waals surface area contributed by atoms with Gasteiger partial charge in [0.25, 0.3) is 0 Å². The zero-order valence-corrected chi connectivity index (χ0v) is 9.94. The molecule has 88 valence electrons. The van der Waals surface area contributed by atoms with Crippen LogP contribution in [0.3, 0.4) is 0 Å². The average Bonchev–Trinajstić information content (AvgIpc) is 2.91. The monoisotopic (exact) mass is 248 g/mol. The Balaban J connectivity index is 1.93. The van der Waals surface area contributed by atoms with Gasteiger partial charge in [-0.05, 0) is 29.1 Å². The Bertz CT molecular complexity index is 507. The van der Waals surface area contributed by atoms with Crippen LogP contribution in [-0.2, 0) is 0 Å². The van der Waals surface area contributed by atoms with Crippen molar-refractivity contribution in [3.8, 4) is 11.5 Å². The molecule has 0 radical (unpaired) electrons. The third-order valence-corrected chi connectivity index (χ3v) is 3.62. The molecular formula is C13H12O3S. The van der Waals surface area contributed by atoms with Crippen LogP contribution in [0.1, 0.15) is 16.5 Å². The zero-order chi connectivity index (χ0) is 11.7. The Hall–Kier alpha value is -1.52. The van der Waals surface area contributed by atoms with Gasteiger partial charge in [-0.15, -0.1) is 11.3 Å². The summed E-state index contributed by atoms with van der Waals surface area (Å²) in [4.78, 5) is 0.932. The van der Waals surface area contributed by atoms with Gasteiger partial charge in [0, 0.05) is 4.88 Å². The molecule has 1 atom stereocenters. The van der Waals surface area contributed by atoms with E-state index < -0.39 is 6.10 Å². The first kappa shape index (κ1) is 10.6. The van der Waals surface area contributed by atoms with E-state index in [0.29, 0.717) is 19.0 Å². The second kappa shape index (κ2) is 4.39. The van der Waals surface area contributed by atoms with Crippen molar-refractivity contribution in [3.05, 3.63) is 46.2 Å². The molecule has 3 nitrogen and oxygen atoms in total. The van der Waals surface area contributed by atoms with Crippen LogP contribution in [-0.4, -0.2) is 18.3 Å². The highest BCUT2D eigenvalue weighted by molar-refractivity contribution is 7.10. The SMILES string of the molecule is OC(c1ccc2c(c1)OCCO2)c1cccs1. The minimum Gasteiger partial charge on any atom is -0.486 e. The van der Waals surface area contributed by atoms with Gasteiger partial charge in [0.1, 0.15) is 19.3 Å². The van der Waals surface area contributed by atoms with Crippen molar-refractivity contribution < 1.29 is 14.6 Å². The fourth-order valence-corrected chi connectivity index (χ4v) is 2.58. The molecule has 0 spiro atoms. The number of hydrogen-bond donors (Lipinski definition) is 1. The van der Waals surface area contributed by atoms with Gasteiger partial charge in [-0.2, -0.15) is 0 Å².